The van der Waals surface area contributed by atoms with Gasteiger partial charge in [-0.25, -0.2) is 0 Å². The van der Waals surface area contributed by atoms with E-state index in [4.69, 9.17) is 0 Å². The lowest BCUT2D eigenvalue weighted by Crippen LogP contribution is -2.11. The highest BCUT2D eigenvalue weighted by molar-refractivity contribution is 6.18. The maximum absolute atomic E-state index is 2.45. The number of hydrogen-bond acceptors (Lipinski definition) is 1. The molecule has 0 amide bonds. The minimum absolute atomic E-state index is 1.11. The van der Waals surface area contributed by atoms with Crippen LogP contribution in [0, 0.1) is 0 Å². The number of nitrogens with zero attached hydrogens (tertiary/aromatic N) is 1. The van der Waals surface area contributed by atoms with Crippen LogP contribution in [0.3, 0.4) is 0 Å². The molecule has 0 saturated heterocycles. The van der Waals surface area contributed by atoms with E-state index in [2.05, 4.69) is 217 Å². The van der Waals surface area contributed by atoms with Crippen LogP contribution < -0.4 is 4.90 Å². The molecule has 256 valence electrons. The molecule has 0 spiro atoms. The SMILES string of the molecule is c1ccc(-c2cccc(N(c3ccc4c(ccc5ccccc54)c3)c3cc(-c4ccc5ccc6c7ccccc7ccc6c5c4)cc4ccccc34)c2)cc1. The summed E-state index contributed by atoms with van der Waals surface area (Å²) in [6.45, 7) is 0. The molecule has 0 unspecified atom stereocenters. The van der Waals surface area contributed by atoms with Crippen LogP contribution in [0.25, 0.3) is 86.9 Å². The second kappa shape index (κ2) is 12.7. The molecular weight excluding hydrogens is 663 g/mol. The maximum Gasteiger partial charge on any atom is 0.0546 e. The normalized spacial score (nSPS) is 11.6. The van der Waals surface area contributed by atoms with Crippen LogP contribution >= 0.6 is 0 Å². The number of fused-ring (bicyclic) bond motifs is 9. The molecule has 0 N–H and O–H groups in total. The topological polar surface area (TPSA) is 3.24 Å². The fourth-order valence-corrected chi connectivity index (χ4v) is 8.66. The van der Waals surface area contributed by atoms with Gasteiger partial charge in [0.15, 0.2) is 0 Å². The molecule has 1 heteroatoms. The van der Waals surface area contributed by atoms with Crippen molar-refractivity contribution in [3.05, 3.63) is 212 Å². The van der Waals surface area contributed by atoms with Crippen LogP contribution in [-0.2, 0) is 0 Å². The van der Waals surface area contributed by atoms with E-state index in [0.29, 0.717) is 0 Å². The summed E-state index contributed by atoms with van der Waals surface area (Å²) in [5.74, 6) is 0. The summed E-state index contributed by atoms with van der Waals surface area (Å²) in [6, 6.07) is 78.0. The second-order valence-corrected chi connectivity index (χ2v) is 14.5. The fourth-order valence-electron chi connectivity index (χ4n) is 8.66. The summed E-state index contributed by atoms with van der Waals surface area (Å²) < 4.78 is 0. The first-order valence-corrected chi connectivity index (χ1v) is 19.0. The zero-order chi connectivity index (χ0) is 36.3. The average Bonchev–Trinajstić information content (AvgIpc) is 3.26. The Morgan fingerprint density at radius 3 is 1.53 bits per heavy atom. The largest absolute Gasteiger partial charge is 0.310 e. The van der Waals surface area contributed by atoms with Crippen LogP contribution in [0.15, 0.2) is 212 Å². The molecule has 0 bridgehead atoms. The predicted molar refractivity (Wildman–Crippen MR) is 237 cm³/mol. The van der Waals surface area contributed by atoms with Gasteiger partial charge in [-0.2, -0.15) is 0 Å². The maximum atomic E-state index is 2.45. The van der Waals surface area contributed by atoms with E-state index >= 15 is 0 Å². The van der Waals surface area contributed by atoms with Gasteiger partial charge < -0.3 is 4.90 Å². The molecule has 0 aliphatic rings. The van der Waals surface area contributed by atoms with E-state index in [0.717, 1.165) is 17.1 Å². The summed E-state index contributed by atoms with van der Waals surface area (Å²) >= 11 is 0. The van der Waals surface area contributed by atoms with E-state index in [1.54, 1.807) is 0 Å². The molecule has 11 aromatic carbocycles. The quantitative estimate of drug-likeness (QED) is 0.162. The van der Waals surface area contributed by atoms with Crippen molar-refractivity contribution in [2.24, 2.45) is 0 Å². The monoisotopic (exact) mass is 697 g/mol. The van der Waals surface area contributed by atoms with Crippen molar-refractivity contribution in [3.8, 4) is 22.3 Å². The van der Waals surface area contributed by atoms with E-state index < -0.39 is 0 Å². The van der Waals surface area contributed by atoms with Gasteiger partial charge in [-0.05, 0) is 124 Å². The van der Waals surface area contributed by atoms with Crippen molar-refractivity contribution in [2.75, 3.05) is 4.90 Å². The second-order valence-electron chi connectivity index (χ2n) is 14.5. The molecule has 0 aromatic heterocycles. The van der Waals surface area contributed by atoms with E-state index in [1.165, 1.54) is 86.9 Å². The molecule has 0 aliphatic carbocycles. The van der Waals surface area contributed by atoms with Crippen molar-refractivity contribution in [1.29, 1.82) is 0 Å². The molecular formula is C54H35N. The minimum atomic E-state index is 1.11. The molecule has 11 rings (SSSR count). The molecule has 0 heterocycles. The number of anilines is 3. The van der Waals surface area contributed by atoms with Crippen molar-refractivity contribution < 1.29 is 0 Å². The van der Waals surface area contributed by atoms with Crippen molar-refractivity contribution in [2.45, 2.75) is 0 Å². The molecule has 0 aliphatic heterocycles. The zero-order valence-corrected chi connectivity index (χ0v) is 30.2. The van der Waals surface area contributed by atoms with Crippen LogP contribution in [0.2, 0.25) is 0 Å². The molecule has 0 atom stereocenters. The standard InChI is InChI=1S/C54H35N/c1-2-11-36(12-3-1)40-16-10-17-45(32-40)55(46-27-30-49-43(33-46)24-22-37-13-4-7-18-47(37)49)54-35-44(31-42-15-6-9-20-50(42)54)41-23-21-39-26-28-51-48-19-8-5-14-38(48)25-29-52(51)53(39)34-41/h1-35H. The smallest absolute Gasteiger partial charge is 0.0546 e. The summed E-state index contributed by atoms with van der Waals surface area (Å²) in [4.78, 5) is 2.45. The first kappa shape index (κ1) is 31.3. The van der Waals surface area contributed by atoms with Crippen LogP contribution in [0.5, 0.6) is 0 Å². The third kappa shape index (κ3) is 5.32. The lowest BCUT2D eigenvalue weighted by molar-refractivity contribution is 1.30. The Labute approximate surface area is 320 Å². The molecule has 0 fully saturated rings. The van der Waals surface area contributed by atoms with Gasteiger partial charge in [0.05, 0.1) is 5.69 Å². The van der Waals surface area contributed by atoms with Gasteiger partial charge in [-0.15, -0.1) is 0 Å². The zero-order valence-electron chi connectivity index (χ0n) is 30.2. The Balaban J connectivity index is 1.15. The molecule has 0 radical (unpaired) electrons. The van der Waals surface area contributed by atoms with E-state index in [1.807, 2.05) is 0 Å². The Bertz CT molecular complexity index is 3270. The third-order valence-corrected chi connectivity index (χ3v) is 11.4. The van der Waals surface area contributed by atoms with Gasteiger partial charge in [0.25, 0.3) is 0 Å². The molecule has 11 aromatic rings. The van der Waals surface area contributed by atoms with Crippen LogP contribution in [0.4, 0.5) is 17.1 Å². The lowest BCUT2D eigenvalue weighted by Gasteiger charge is -2.28. The Morgan fingerprint density at radius 2 is 0.727 bits per heavy atom. The average molecular weight is 698 g/mol. The van der Waals surface area contributed by atoms with Gasteiger partial charge in [-0.3, -0.25) is 0 Å². The van der Waals surface area contributed by atoms with Gasteiger partial charge >= 0.3 is 0 Å². The van der Waals surface area contributed by atoms with Crippen LogP contribution in [-0.4, -0.2) is 0 Å². The highest BCUT2D eigenvalue weighted by atomic mass is 15.1. The van der Waals surface area contributed by atoms with E-state index in [9.17, 15) is 0 Å². The van der Waals surface area contributed by atoms with Crippen molar-refractivity contribution in [3.63, 3.8) is 0 Å². The van der Waals surface area contributed by atoms with Gasteiger partial charge in [-0.1, -0.05) is 170 Å². The summed E-state index contributed by atoms with van der Waals surface area (Å²) in [5.41, 5.74) is 8.13. The lowest BCUT2D eigenvalue weighted by atomic mass is 9.93. The van der Waals surface area contributed by atoms with Crippen molar-refractivity contribution >= 4 is 81.7 Å². The molecule has 55 heavy (non-hydrogen) atoms. The Kier molecular flexibility index (Phi) is 7.25. The predicted octanol–water partition coefficient (Wildman–Crippen LogP) is 15.4. The Morgan fingerprint density at radius 1 is 0.218 bits per heavy atom. The first-order chi connectivity index (χ1) is 27.2. The number of hydrogen-bond donors (Lipinski definition) is 0. The van der Waals surface area contributed by atoms with Gasteiger partial charge in [0, 0.05) is 16.8 Å². The van der Waals surface area contributed by atoms with Crippen molar-refractivity contribution in [1.82, 2.24) is 0 Å². The van der Waals surface area contributed by atoms with Crippen LogP contribution in [0.1, 0.15) is 0 Å². The highest BCUT2D eigenvalue weighted by Crippen LogP contribution is 2.44. The third-order valence-electron chi connectivity index (χ3n) is 11.4. The summed E-state index contributed by atoms with van der Waals surface area (Å²) in [6.07, 6.45) is 0. The first-order valence-electron chi connectivity index (χ1n) is 19.0. The minimum Gasteiger partial charge on any atom is -0.310 e. The number of rotatable bonds is 5. The fraction of sp³-hybridized carbons (Fsp3) is 0. The Hall–Kier alpha value is -7.22. The summed E-state index contributed by atoms with van der Waals surface area (Å²) in [7, 11) is 0. The highest BCUT2D eigenvalue weighted by Gasteiger charge is 2.19. The summed E-state index contributed by atoms with van der Waals surface area (Å²) in [5, 5.41) is 15.0. The molecule has 1 nitrogen and oxygen atoms in total. The van der Waals surface area contributed by atoms with E-state index in [-0.39, 0.29) is 0 Å². The van der Waals surface area contributed by atoms with Gasteiger partial charge in [0.1, 0.15) is 0 Å². The number of benzene rings is 11. The molecule has 0 saturated carbocycles. The van der Waals surface area contributed by atoms with Gasteiger partial charge in [0.2, 0.25) is 0 Å².